The Kier molecular flexibility index (Phi) is 7.27. The first kappa shape index (κ1) is 12.8. The van der Waals surface area contributed by atoms with E-state index in [1.54, 1.807) is 37.7 Å². The van der Waals surface area contributed by atoms with E-state index < -0.39 is 0 Å². The summed E-state index contributed by atoms with van der Waals surface area (Å²) < 4.78 is 1.29. The van der Waals surface area contributed by atoms with Crippen LogP contribution < -0.4 is 25.7 Å². The topological polar surface area (TPSA) is 63.4 Å². The van der Waals surface area contributed by atoms with Crippen molar-refractivity contribution in [3.8, 4) is 0 Å². The zero-order valence-corrected chi connectivity index (χ0v) is 8.68. The van der Waals surface area contributed by atoms with Crippen LogP contribution in [0.4, 0.5) is 0 Å². The molecule has 0 saturated carbocycles. The van der Waals surface area contributed by atoms with Crippen molar-refractivity contribution in [3.05, 3.63) is 0 Å². The second-order valence-corrected chi connectivity index (χ2v) is 3.02. The molecular weight excluding hydrogens is 220 g/mol. The van der Waals surface area contributed by atoms with Crippen LogP contribution in [0.3, 0.4) is 0 Å². The molecule has 0 aromatic heterocycles. The summed E-state index contributed by atoms with van der Waals surface area (Å²) in [6.45, 7) is 0. The minimum absolute atomic E-state index is 0.349. The van der Waals surface area contributed by atoms with E-state index in [-0.39, 0.29) is 6.40 Å². The van der Waals surface area contributed by atoms with Crippen molar-refractivity contribution in [2.24, 2.45) is 0 Å². The molecule has 5 N–H and O–H groups in total. The SMILES string of the molecule is ClB1N[B]N[B]N1Cl.[B]1N[B]N[B]N1. The summed E-state index contributed by atoms with van der Waals surface area (Å²) >= 11 is 11.0. The van der Waals surface area contributed by atoms with Crippen LogP contribution in [-0.4, -0.2) is 48.4 Å². The van der Waals surface area contributed by atoms with Gasteiger partial charge in [0.2, 0.25) is 0 Å². The number of halogens is 2. The largest absolute Gasteiger partial charge is 0.409 e. The highest BCUT2D eigenvalue weighted by Crippen LogP contribution is 1.98. The van der Waals surface area contributed by atoms with Gasteiger partial charge < -0.3 is 25.7 Å². The number of nitrogens with one attached hydrogen (secondary N) is 5. The van der Waals surface area contributed by atoms with Crippen LogP contribution in [-0.2, 0) is 0 Å². The van der Waals surface area contributed by atoms with Gasteiger partial charge in [-0.25, -0.2) is 0 Å². The molecule has 0 amide bonds. The number of hydrogen-bond acceptors (Lipinski definition) is 6. The molecule has 6 nitrogen and oxygen atoms in total. The Morgan fingerprint density at radius 1 is 0.929 bits per heavy atom. The van der Waals surface area contributed by atoms with E-state index >= 15 is 0 Å². The van der Waals surface area contributed by atoms with Gasteiger partial charge in [-0.1, -0.05) is 0 Å². The third-order valence-electron chi connectivity index (χ3n) is 1.22. The molecule has 5 radical (unpaired) electrons. The normalized spacial score (nSPS) is 21.1. The molecule has 2 aliphatic rings. The molecule has 14 heteroatoms. The van der Waals surface area contributed by atoms with Gasteiger partial charge in [0.05, 0.1) is 0 Å². The molecule has 2 heterocycles. The summed E-state index contributed by atoms with van der Waals surface area (Å²) in [5.41, 5.74) is 0. The fraction of sp³-hybridized carbons (Fsp3) is 0. The van der Waals surface area contributed by atoms with Crippen molar-refractivity contribution < 1.29 is 0 Å². The molecule has 14 heavy (non-hydrogen) atoms. The first-order valence-corrected chi connectivity index (χ1v) is 4.56. The van der Waals surface area contributed by atoms with Crippen molar-refractivity contribution in [2.75, 3.05) is 0 Å². The third-order valence-corrected chi connectivity index (χ3v) is 1.95. The van der Waals surface area contributed by atoms with Crippen molar-refractivity contribution in [1.29, 1.82) is 0 Å². The summed E-state index contributed by atoms with van der Waals surface area (Å²) in [6.07, 6.45) is -0.349. The standard InChI is InChI=1S/B3Cl2H2N3.B3H3N3/c4-3-7-1-6-2-8(3)5;1-4-2-6-3-5-1/h6-7H;4-6H. The second-order valence-electron chi connectivity index (χ2n) is 2.22. The summed E-state index contributed by atoms with van der Waals surface area (Å²) in [5, 5.41) is 13.8. The number of nitrogens with zero attached hydrogens (tertiary/aromatic N) is 1. The lowest BCUT2D eigenvalue weighted by Crippen LogP contribution is -2.59. The average Bonchev–Trinajstić information content (AvgIpc) is 2.26. The Hall–Kier alpha value is 0.730. The Balaban J connectivity index is 0.000000146. The maximum absolute atomic E-state index is 5.55. The van der Waals surface area contributed by atoms with Gasteiger partial charge in [-0.05, 0) is 11.8 Å². The van der Waals surface area contributed by atoms with Crippen molar-refractivity contribution >= 4 is 67.4 Å². The predicted molar refractivity (Wildman–Crippen MR) is 63.7 cm³/mol. The van der Waals surface area contributed by atoms with Crippen LogP contribution in [0.2, 0.25) is 0 Å². The van der Waals surface area contributed by atoms with Gasteiger partial charge in [0, 0.05) is 0 Å². The van der Waals surface area contributed by atoms with Gasteiger partial charge in [0.15, 0.2) is 0 Å². The van der Waals surface area contributed by atoms with Crippen LogP contribution in [0.15, 0.2) is 0 Å². The van der Waals surface area contributed by atoms with Crippen molar-refractivity contribution in [3.63, 3.8) is 0 Å². The molecule has 2 fully saturated rings. The molecule has 0 unspecified atom stereocenters. The number of rotatable bonds is 0. The first-order chi connectivity index (χ1) is 6.80. The van der Waals surface area contributed by atoms with Crippen LogP contribution in [0.25, 0.3) is 0 Å². The Morgan fingerprint density at radius 2 is 1.50 bits per heavy atom. The maximum atomic E-state index is 5.55. The average molecular weight is 225 g/mol. The highest BCUT2D eigenvalue weighted by Gasteiger charge is 2.24. The molecule has 0 aromatic carbocycles. The fourth-order valence-electron chi connectivity index (χ4n) is 0.631. The maximum Gasteiger partial charge on any atom is 0.409 e. The van der Waals surface area contributed by atoms with Crippen LogP contribution >= 0.6 is 23.2 Å². The summed E-state index contributed by atoms with van der Waals surface area (Å²) in [5.74, 6) is 0. The van der Waals surface area contributed by atoms with E-state index in [2.05, 4.69) is 25.7 Å². The zero-order valence-electron chi connectivity index (χ0n) is 7.17. The molecular formula is H5B6Cl2N6. The highest BCUT2D eigenvalue weighted by atomic mass is 35.5. The molecule has 0 aromatic rings. The van der Waals surface area contributed by atoms with Gasteiger partial charge in [-0.15, -0.1) is 11.5 Å². The van der Waals surface area contributed by atoms with Crippen molar-refractivity contribution in [2.45, 2.75) is 0 Å². The highest BCUT2D eigenvalue weighted by molar-refractivity contribution is 7.11. The smallest absolute Gasteiger partial charge is 0.379 e. The fourth-order valence-corrected chi connectivity index (χ4v) is 0.863. The molecule has 67 valence electrons. The zero-order chi connectivity index (χ0) is 10.2. The quantitative estimate of drug-likeness (QED) is 0.216. The molecule has 2 saturated heterocycles. The molecule has 0 atom stereocenters. The lowest BCUT2D eigenvalue weighted by atomic mass is 9.84. The van der Waals surface area contributed by atoms with E-state index in [0.29, 0.717) is 0 Å². The van der Waals surface area contributed by atoms with Gasteiger partial charge in [-0.2, -0.15) is 0 Å². The minimum atomic E-state index is -0.349. The Morgan fingerprint density at radius 3 is 1.79 bits per heavy atom. The van der Waals surface area contributed by atoms with Gasteiger partial charge in [0.1, 0.15) is 0 Å². The Labute approximate surface area is 97.5 Å². The van der Waals surface area contributed by atoms with Crippen LogP contribution in [0, 0.1) is 0 Å². The number of hydrogen-bond donors (Lipinski definition) is 5. The molecule has 0 bridgehead atoms. The Bertz CT molecular complexity index is 123. The lowest BCUT2D eigenvalue weighted by Gasteiger charge is -2.21. The van der Waals surface area contributed by atoms with Crippen LogP contribution in [0.5, 0.6) is 0 Å². The minimum Gasteiger partial charge on any atom is -0.379 e. The molecule has 0 aliphatic carbocycles. The second kappa shape index (κ2) is 7.95. The first-order valence-electron chi connectivity index (χ1n) is 3.79. The molecule has 0 spiro atoms. The van der Waals surface area contributed by atoms with Gasteiger partial charge in [-0.3, -0.25) is 4.24 Å². The van der Waals surface area contributed by atoms with Gasteiger partial charge >= 0.3 is 13.9 Å². The van der Waals surface area contributed by atoms with E-state index in [9.17, 15) is 0 Å². The summed E-state index contributed by atoms with van der Waals surface area (Å²) in [7, 11) is 8.32. The lowest BCUT2D eigenvalue weighted by molar-refractivity contribution is 1.02. The van der Waals surface area contributed by atoms with Gasteiger partial charge in [0.25, 0.3) is 30.2 Å². The summed E-state index contributed by atoms with van der Waals surface area (Å²) in [6, 6.07) is 0. The monoisotopic (exact) mass is 225 g/mol. The molecule has 2 aliphatic heterocycles. The third kappa shape index (κ3) is 5.57. The van der Waals surface area contributed by atoms with E-state index in [1.807, 2.05) is 0 Å². The van der Waals surface area contributed by atoms with Crippen molar-refractivity contribution in [1.82, 2.24) is 29.9 Å². The van der Waals surface area contributed by atoms with E-state index in [4.69, 9.17) is 23.2 Å². The predicted octanol–water partition coefficient (Wildman–Crippen LogP) is -3.70. The van der Waals surface area contributed by atoms with E-state index in [0.717, 1.165) is 0 Å². The summed E-state index contributed by atoms with van der Waals surface area (Å²) in [4.78, 5) is 0. The molecule has 2 rings (SSSR count). The van der Waals surface area contributed by atoms with Crippen LogP contribution in [0.1, 0.15) is 0 Å². The van der Waals surface area contributed by atoms with E-state index in [1.165, 1.54) is 4.24 Å².